The van der Waals surface area contributed by atoms with Crippen molar-refractivity contribution in [1.29, 1.82) is 0 Å². The van der Waals surface area contributed by atoms with Crippen LogP contribution in [-0.2, 0) is 4.79 Å². The third-order valence-electron chi connectivity index (χ3n) is 2.92. The standard InChI is InChI=1S/C12H20N4O2/c1-6-16(5)12(18)9(4)13-11(17)10-7(2)14-15-8(10)3/h9H,6H2,1-5H3,(H,13,17)(H,14,15). The van der Waals surface area contributed by atoms with E-state index in [4.69, 9.17) is 0 Å². The van der Waals surface area contributed by atoms with Crippen molar-refractivity contribution in [2.24, 2.45) is 0 Å². The van der Waals surface area contributed by atoms with Crippen LogP contribution in [0.1, 0.15) is 35.6 Å². The van der Waals surface area contributed by atoms with Crippen LogP contribution in [0.15, 0.2) is 0 Å². The number of hydrogen-bond donors (Lipinski definition) is 2. The Morgan fingerprint density at radius 3 is 2.50 bits per heavy atom. The largest absolute Gasteiger partial charge is 0.344 e. The number of aryl methyl sites for hydroxylation is 2. The van der Waals surface area contributed by atoms with Gasteiger partial charge in [-0.15, -0.1) is 0 Å². The van der Waals surface area contributed by atoms with Gasteiger partial charge in [-0.1, -0.05) is 0 Å². The van der Waals surface area contributed by atoms with Crippen LogP contribution in [0.2, 0.25) is 0 Å². The van der Waals surface area contributed by atoms with Crippen molar-refractivity contribution in [3.63, 3.8) is 0 Å². The van der Waals surface area contributed by atoms with E-state index in [-0.39, 0.29) is 11.8 Å². The van der Waals surface area contributed by atoms with E-state index < -0.39 is 6.04 Å². The van der Waals surface area contributed by atoms with Crippen LogP contribution in [0, 0.1) is 13.8 Å². The number of amides is 2. The van der Waals surface area contributed by atoms with Crippen LogP contribution in [0.5, 0.6) is 0 Å². The first-order valence-corrected chi connectivity index (χ1v) is 5.95. The molecule has 0 aliphatic rings. The molecule has 100 valence electrons. The second-order valence-corrected chi connectivity index (χ2v) is 4.36. The quantitative estimate of drug-likeness (QED) is 0.824. The number of carbonyl (C=O) groups is 2. The molecule has 2 N–H and O–H groups in total. The Morgan fingerprint density at radius 1 is 1.44 bits per heavy atom. The molecule has 0 fully saturated rings. The molecule has 6 heteroatoms. The molecular formula is C12H20N4O2. The summed E-state index contributed by atoms with van der Waals surface area (Å²) in [5.74, 6) is -0.381. The maximum absolute atomic E-state index is 12.0. The van der Waals surface area contributed by atoms with Gasteiger partial charge in [-0.2, -0.15) is 5.10 Å². The summed E-state index contributed by atoms with van der Waals surface area (Å²) < 4.78 is 0. The van der Waals surface area contributed by atoms with E-state index in [9.17, 15) is 9.59 Å². The molecule has 1 aromatic heterocycles. The van der Waals surface area contributed by atoms with Crippen LogP contribution < -0.4 is 5.32 Å². The second kappa shape index (κ2) is 5.66. The van der Waals surface area contributed by atoms with Crippen LogP contribution in [0.4, 0.5) is 0 Å². The molecule has 0 radical (unpaired) electrons. The van der Waals surface area contributed by atoms with Gasteiger partial charge in [0.1, 0.15) is 6.04 Å². The Morgan fingerprint density at radius 2 is 2.06 bits per heavy atom. The van der Waals surface area contributed by atoms with Gasteiger partial charge in [0.05, 0.1) is 11.3 Å². The van der Waals surface area contributed by atoms with Crippen LogP contribution in [0.3, 0.4) is 0 Å². The Bertz CT molecular complexity index is 433. The highest BCUT2D eigenvalue weighted by molar-refractivity contribution is 5.99. The number of hydrogen-bond acceptors (Lipinski definition) is 3. The zero-order valence-electron chi connectivity index (χ0n) is 11.5. The number of likely N-dealkylation sites (N-methyl/N-ethyl adjacent to an activating group) is 1. The normalized spacial score (nSPS) is 12.1. The molecule has 1 unspecified atom stereocenters. The predicted octanol–water partition coefficient (Wildman–Crippen LogP) is 0.623. The topological polar surface area (TPSA) is 78.1 Å². The van der Waals surface area contributed by atoms with E-state index in [0.717, 1.165) is 0 Å². The molecule has 0 saturated heterocycles. The number of nitrogens with zero attached hydrogens (tertiary/aromatic N) is 2. The van der Waals surface area contributed by atoms with Gasteiger partial charge in [0, 0.05) is 19.3 Å². The van der Waals surface area contributed by atoms with Gasteiger partial charge in [0.25, 0.3) is 5.91 Å². The minimum absolute atomic E-state index is 0.107. The molecule has 2 amide bonds. The highest BCUT2D eigenvalue weighted by Crippen LogP contribution is 2.09. The fourth-order valence-corrected chi connectivity index (χ4v) is 1.70. The van der Waals surface area contributed by atoms with Gasteiger partial charge in [0.2, 0.25) is 5.91 Å². The molecule has 1 atom stereocenters. The Balaban J connectivity index is 2.74. The lowest BCUT2D eigenvalue weighted by Gasteiger charge is -2.20. The highest BCUT2D eigenvalue weighted by atomic mass is 16.2. The Hall–Kier alpha value is -1.85. The lowest BCUT2D eigenvalue weighted by atomic mass is 10.1. The van der Waals surface area contributed by atoms with Crippen LogP contribution >= 0.6 is 0 Å². The number of carbonyl (C=O) groups excluding carboxylic acids is 2. The van der Waals surface area contributed by atoms with Crippen LogP contribution in [0.25, 0.3) is 0 Å². The highest BCUT2D eigenvalue weighted by Gasteiger charge is 2.22. The van der Waals surface area contributed by atoms with Gasteiger partial charge in [0.15, 0.2) is 0 Å². The zero-order valence-corrected chi connectivity index (χ0v) is 11.5. The number of nitrogens with one attached hydrogen (secondary N) is 2. The number of aromatic amines is 1. The van der Waals surface area contributed by atoms with Gasteiger partial charge in [-0.3, -0.25) is 14.7 Å². The van der Waals surface area contributed by atoms with Crippen molar-refractivity contribution in [1.82, 2.24) is 20.4 Å². The zero-order chi connectivity index (χ0) is 13.9. The van der Waals surface area contributed by atoms with Crippen molar-refractivity contribution in [2.45, 2.75) is 33.7 Å². The molecule has 1 rings (SSSR count). The third-order valence-corrected chi connectivity index (χ3v) is 2.92. The SMILES string of the molecule is CCN(C)C(=O)C(C)NC(=O)c1c(C)n[nH]c1C. The fourth-order valence-electron chi connectivity index (χ4n) is 1.70. The van der Waals surface area contributed by atoms with E-state index in [0.29, 0.717) is 23.5 Å². The van der Waals surface area contributed by atoms with Crippen molar-refractivity contribution in [3.8, 4) is 0 Å². The molecule has 0 bridgehead atoms. The van der Waals surface area contributed by atoms with Crippen molar-refractivity contribution >= 4 is 11.8 Å². The minimum atomic E-state index is -0.545. The summed E-state index contributed by atoms with van der Waals surface area (Å²) in [5, 5.41) is 9.40. The van der Waals surface area contributed by atoms with Gasteiger partial charge >= 0.3 is 0 Å². The number of rotatable bonds is 4. The summed E-state index contributed by atoms with van der Waals surface area (Å²) in [6.07, 6.45) is 0. The molecule has 18 heavy (non-hydrogen) atoms. The van der Waals surface area contributed by atoms with Crippen molar-refractivity contribution < 1.29 is 9.59 Å². The molecule has 0 saturated carbocycles. The van der Waals surface area contributed by atoms with E-state index in [1.54, 1.807) is 32.7 Å². The molecule has 1 heterocycles. The molecule has 0 aromatic carbocycles. The Kier molecular flexibility index (Phi) is 4.47. The summed E-state index contributed by atoms with van der Waals surface area (Å²) in [5.41, 5.74) is 1.84. The molecule has 1 aromatic rings. The summed E-state index contributed by atoms with van der Waals surface area (Å²) in [7, 11) is 1.71. The lowest BCUT2D eigenvalue weighted by Crippen LogP contribution is -2.45. The minimum Gasteiger partial charge on any atom is -0.344 e. The molecular weight excluding hydrogens is 232 g/mol. The number of H-pyrrole nitrogens is 1. The third kappa shape index (κ3) is 2.88. The van der Waals surface area contributed by atoms with E-state index in [2.05, 4.69) is 15.5 Å². The van der Waals surface area contributed by atoms with Gasteiger partial charge in [-0.05, 0) is 27.7 Å². The average molecular weight is 252 g/mol. The van der Waals surface area contributed by atoms with E-state index in [1.807, 2.05) is 6.92 Å². The molecule has 0 spiro atoms. The maximum Gasteiger partial charge on any atom is 0.255 e. The van der Waals surface area contributed by atoms with Crippen LogP contribution in [-0.4, -0.2) is 46.5 Å². The van der Waals surface area contributed by atoms with E-state index >= 15 is 0 Å². The second-order valence-electron chi connectivity index (χ2n) is 4.36. The smallest absolute Gasteiger partial charge is 0.255 e. The first kappa shape index (κ1) is 14.2. The Labute approximate surface area is 107 Å². The van der Waals surface area contributed by atoms with Crippen molar-refractivity contribution in [2.75, 3.05) is 13.6 Å². The first-order chi connectivity index (χ1) is 8.38. The lowest BCUT2D eigenvalue weighted by molar-refractivity contribution is -0.131. The molecule has 0 aliphatic carbocycles. The monoisotopic (exact) mass is 252 g/mol. The summed E-state index contributed by atoms with van der Waals surface area (Å²) in [6, 6.07) is -0.545. The first-order valence-electron chi connectivity index (χ1n) is 5.95. The summed E-state index contributed by atoms with van der Waals surface area (Å²) >= 11 is 0. The fraction of sp³-hybridized carbons (Fsp3) is 0.583. The summed E-state index contributed by atoms with van der Waals surface area (Å²) in [4.78, 5) is 25.4. The molecule has 6 nitrogen and oxygen atoms in total. The van der Waals surface area contributed by atoms with E-state index in [1.165, 1.54) is 0 Å². The summed E-state index contributed by atoms with van der Waals surface area (Å²) in [6.45, 7) is 7.71. The van der Waals surface area contributed by atoms with Crippen molar-refractivity contribution in [3.05, 3.63) is 17.0 Å². The van der Waals surface area contributed by atoms with Gasteiger partial charge < -0.3 is 10.2 Å². The predicted molar refractivity (Wildman–Crippen MR) is 68.3 cm³/mol. The maximum atomic E-state index is 12.0. The van der Waals surface area contributed by atoms with Gasteiger partial charge in [-0.25, -0.2) is 0 Å². The number of aromatic nitrogens is 2. The molecule has 0 aliphatic heterocycles. The average Bonchev–Trinajstić information content (AvgIpc) is 2.66.